The third kappa shape index (κ3) is 3.50. The molecule has 0 radical (unpaired) electrons. The molecule has 0 amide bonds. The highest BCUT2D eigenvalue weighted by Crippen LogP contribution is 2.38. The van der Waals surface area contributed by atoms with Crippen molar-refractivity contribution in [3.63, 3.8) is 0 Å². The van der Waals surface area contributed by atoms with Crippen LogP contribution in [0.5, 0.6) is 11.5 Å². The molecule has 0 bridgehead atoms. The molecule has 0 saturated heterocycles. The normalized spacial score (nSPS) is 11.1. The SMILES string of the molecule is COc1cc2sc3c(=O)n(CC(=O)C(=O)OC(C)C)cnc3c2cc1OC. The van der Waals surface area contributed by atoms with E-state index < -0.39 is 30.0 Å². The van der Waals surface area contributed by atoms with Gasteiger partial charge in [0.25, 0.3) is 11.3 Å². The van der Waals surface area contributed by atoms with Gasteiger partial charge in [0.05, 0.1) is 38.7 Å². The first-order valence-corrected chi connectivity index (χ1v) is 8.94. The minimum atomic E-state index is -0.970. The van der Waals surface area contributed by atoms with E-state index in [0.29, 0.717) is 21.7 Å². The maximum atomic E-state index is 12.8. The van der Waals surface area contributed by atoms with E-state index in [-0.39, 0.29) is 0 Å². The van der Waals surface area contributed by atoms with Crippen molar-refractivity contribution < 1.29 is 23.8 Å². The van der Waals surface area contributed by atoms with Gasteiger partial charge in [-0.1, -0.05) is 0 Å². The molecule has 9 heteroatoms. The van der Waals surface area contributed by atoms with Crippen molar-refractivity contribution >= 4 is 43.4 Å². The smallest absolute Gasteiger partial charge is 0.376 e. The molecular formula is C18H18N2O6S. The Morgan fingerprint density at radius 1 is 1.19 bits per heavy atom. The number of nitrogens with zero attached hydrogens (tertiary/aromatic N) is 2. The Morgan fingerprint density at radius 3 is 2.48 bits per heavy atom. The number of fused-ring (bicyclic) bond motifs is 3. The molecule has 0 atom stereocenters. The number of aromatic nitrogens is 2. The Bertz CT molecular complexity index is 1100. The molecule has 142 valence electrons. The van der Waals surface area contributed by atoms with Crippen molar-refractivity contribution in [1.82, 2.24) is 9.55 Å². The standard InChI is InChI=1S/C18H18N2O6S/c1-9(2)26-18(23)11(21)7-20-8-19-15-10-5-12(24-3)13(25-4)6-14(10)27-16(15)17(20)22/h5-6,8-9H,7H2,1-4H3. The number of ether oxygens (including phenoxy) is 3. The average Bonchev–Trinajstić information content (AvgIpc) is 3.00. The molecule has 2 aromatic heterocycles. The van der Waals surface area contributed by atoms with E-state index in [0.717, 1.165) is 14.7 Å². The first-order chi connectivity index (χ1) is 12.8. The molecule has 0 aliphatic carbocycles. The molecule has 0 aliphatic heterocycles. The highest BCUT2D eigenvalue weighted by Gasteiger charge is 2.20. The summed E-state index contributed by atoms with van der Waals surface area (Å²) in [6.07, 6.45) is 0.847. The summed E-state index contributed by atoms with van der Waals surface area (Å²) >= 11 is 1.24. The van der Waals surface area contributed by atoms with Gasteiger partial charge in [0.1, 0.15) is 4.70 Å². The van der Waals surface area contributed by atoms with Gasteiger partial charge in [-0.2, -0.15) is 0 Å². The first-order valence-electron chi connectivity index (χ1n) is 8.13. The topological polar surface area (TPSA) is 96.7 Å². The van der Waals surface area contributed by atoms with Crippen LogP contribution in [0.3, 0.4) is 0 Å². The Kier molecular flexibility index (Phi) is 5.13. The van der Waals surface area contributed by atoms with Gasteiger partial charge in [0.2, 0.25) is 0 Å². The van der Waals surface area contributed by atoms with Crippen LogP contribution in [0.25, 0.3) is 20.3 Å². The molecule has 8 nitrogen and oxygen atoms in total. The summed E-state index contributed by atoms with van der Waals surface area (Å²) in [5, 5.41) is 0.752. The Morgan fingerprint density at radius 2 is 1.85 bits per heavy atom. The molecule has 0 unspecified atom stereocenters. The van der Waals surface area contributed by atoms with Crippen LogP contribution in [-0.4, -0.2) is 41.6 Å². The molecule has 3 rings (SSSR count). The Labute approximate surface area is 158 Å². The quantitative estimate of drug-likeness (QED) is 0.470. The van der Waals surface area contributed by atoms with Crippen molar-refractivity contribution in [1.29, 1.82) is 0 Å². The largest absolute Gasteiger partial charge is 0.493 e. The number of hydrogen-bond acceptors (Lipinski definition) is 8. The highest BCUT2D eigenvalue weighted by molar-refractivity contribution is 7.25. The van der Waals surface area contributed by atoms with Crippen LogP contribution < -0.4 is 15.0 Å². The third-order valence-corrected chi connectivity index (χ3v) is 4.96. The lowest BCUT2D eigenvalue weighted by Crippen LogP contribution is -2.30. The van der Waals surface area contributed by atoms with Gasteiger partial charge in [-0.25, -0.2) is 9.78 Å². The molecule has 0 aliphatic rings. The fraction of sp³-hybridized carbons (Fsp3) is 0.333. The molecule has 0 fully saturated rings. The van der Waals surface area contributed by atoms with Crippen molar-refractivity contribution in [2.45, 2.75) is 26.5 Å². The summed E-state index contributed by atoms with van der Waals surface area (Å²) in [4.78, 5) is 40.7. The van der Waals surface area contributed by atoms with E-state index >= 15 is 0 Å². The lowest BCUT2D eigenvalue weighted by atomic mass is 10.2. The van der Waals surface area contributed by atoms with E-state index in [1.54, 1.807) is 26.0 Å². The fourth-order valence-electron chi connectivity index (χ4n) is 2.61. The first kappa shape index (κ1) is 18.8. The van der Waals surface area contributed by atoms with Crippen molar-refractivity contribution in [3.05, 3.63) is 28.8 Å². The van der Waals surface area contributed by atoms with Crippen molar-refractivity contribution in [2.24, 2.45) is 0 Å². The zero-order valence-corrected chi connectivity index (χ0v) is 16.1. The highest BCUT2D eigenvalue weighted by atomic mass is 32.1. The van der Waals surface area contributed by atoms with Gasteiger partial charge >= 0.3 is 5.97 Å². The molecule has 0 saturated carbocycles. The summed E-state index contributed by atoms with van der Waals surface area (Å²) in [6, 6.07) is 3.53. The fourth-order valence-corrected chi connectivity index (χ4v) is 3.72. The third-order valence-electron chi connectivity index (χ3n) is 3.83. The Balaban J connectivity index is 2.05. The molecule has 3 aromatic rings. The van der Waals surface area contributed by atoms with Crippen molar-refractivity contribution in [3.8, 4) is 11.5 Å². The van der Waals surface area contributed by atoms with Gasteiger partial charge in [-0.05, 0) is 19.9 Å². The van der Waals surface area contributed by atoms with Gasteiger partial charge < -0.3 is 14.2 Å². The van der Waals surface area contributed by atoms with E-state index in [1.165, 1.54) is 31.9 Å². The minimum Gasteiger partial charge on any atom is -0.493 e. The number of benzene rings is 1. The van der Waals surface area contributed by atoms with Crippen LogP contribution in [0.2, 0.25) is 0 Å². The number of Topliss-reactive ketones (excluding diaryl/α,β-unsaturated/α-hetero) is 1. The van der Waals surface area contributed by atoms with Crippen LogP contribution in [-0.2, 0) is 20.9 Å². The lowest BCUT2D eigenvalue weighted by molar-refractivity contribution is -0.157. The molecule has 27 heavy (non-hydrogen) atoms. The predicted octanol–water partition coefficient (Wildman–Crippen LogP) is 2.15. The number of esters is 1. The number of carbonyl (C=O) groups excluding carboxylic acids is 2. The van der Waals surface area contributed by atoms with Gasteiger partial charge in [-0.15, -0.1) is 11.3 Å². The summed E-state index contributed by atoms with van der Waals surface area (Å²) in [5.74, 6) is -0.704. The maximum absolute atomic E-state index is 12.8. The summed E-state index contributed by atoms with van der Waals surface area (Å²) in [7, 11) is 3.06. The predicted molar refractivity (Wildman–Crippen MR) is 101 cm³/mol. The lowest BCUT2D eigenvalue weighted by Gasteiger charge is -2.08. The van der Waals surface area contributed by atoms with Crippen molar-refractivity contribution in [2.75, 3.05) is 14.2 Å². The average molecular weight is 390 g/mol. The molecular weight excluding hydrogens is 372 g/mol. The summed E-state index contributed by atoms with van der Waals surface area (Å²) in [6.45, 7) is 2.86. The number of methoxy groups -OCH3 is 2. The van der Waals surface area contributed by atoms with E-state index in [2.05, 4.69) is 4.98 Å². The Hall–Kier alpha value is -2.94. The number of carbonyl (C=O) groups is 2. The zero-order valence-electron chi connectivity index (χ0n) is 15.3. The molecule has 0 N–H and O–H groups in total. The van der Waals surface area contributed by atoms with E-state index in [9.17, 15) is 14.4 Å². The van der Waals surface area contributed by atoms with Gasteiger partial charge in [0, 0.05) is 16.2 Å². The van der Waals surface area contributed by atoms with Crippen LogP contribution in [0.15, 0.2) is 23.3 Å². The monoisotopic (exact) mass is 390 g/mol. The summed E-state index contributed by atoms with van der Waals surface area (Å²) in [5.41, 5.74) is 0.110. The van der Waals surface area contributed by atoms with Crippen LogP contribution in [0.1, 0.15) is 13.8 Å². The van der Waals surface area contributed by atoms with E-state index in [4.69, 9.17) is 14.2 Å². The summed E-state index contributed by atoms with van der Waals surface area (Å²) < 4.78 is 17.7. The number of rotatable bonds is 6. The second kappa shape index (κ2) is 7.36. The number of ketones is 1. The molecule has 2 heterocycles. The molecule has 1 aromatic carbocycles. The number of hydrogen-bond donors (Lipinski definition) is 0. The van der Waals surface area contributed by atoms with E-state index in [1.807, 2.05) is 0 Å². The van der Waals surface area contributed by atoms with Gasteiger partial charge in [0.15, 0.2) is 11.5 Å². The zero-order chi connectivity index (χ0) is 19.7. The minimum absolute atomic E-state index is 0.382. The number of thiophene rings is 1. The van der Waals surface area contributed by atoms with Crippen LogP contribution in [0, 0.1) is 0 Å². The second-order valence-corrected chi connectivity index (χ2v) is 7.09. The van der Waals surface area contributed by atoms with Crippen LogP contribution >= 0.6 is 11.3 Å². The molecule has 0 spiro atoms. The maximum Gasteiger partial charge on any atom is 0.376 e. The second-order valence-electron chi connectivity index (χ2n) is 6.04. The van der Waals surface area contributed by atoms with Crippen LogP contribution in [0.4, 0.5) is 0 Å². The van der Waals surface area contributed by atoms with Gasteiger partial charge in [-0.3, -0.25) is 14.2 Å².